The lowest BCUT2D eigenvalue weighted by atomic mass is 9.88. The molecule has 0 amide bonds. The molecule has 4 nitrogen and oxygen atoms in total. The van der Waals surface area contributed by atoms with Gasteiger partial charge < -0.3 is 9.80 Å². The number of thiophene rings is 1. The lowest BCUT2D eigenvalue weighted by Crippen LogP contribution is -2.24. The molecule has 0 bridgehead atoms. The summed E-state index contributed by atoms with van der Waals surface area (Å²) in [5, 5.41) is 13.6. The highest BCUT2D eigenvalue weighted by molar-refractivity contribution is 7.26. The van der Waals surface area contributed by atoms with Crippen molar-refractivity contribution in [2.24, 2.45) is 0 Å². The first kappa shape index (κ1) is 35.9. The van der Waals surface area contributed by atoms with Crippen LogP contribution >= 0.6 is 11.3 Å². The molecule has 3 aromatic heterocycles. The van der Waals surface area contributed by atoms with Gasteiger partial charge in [-0.25, -0.2) is 4.98 Å². The van der Waals surface area contributed by atoms with E-state index in [4.69, 9.17) is 4.98 Å². The van der Waals surface area contributed by atoms with Gasteiger partial charge in [-0.1, -0.05) is 140 Å². The van der Waals surface area contributed by atoms with Crippen molar-refractivity contribution in [2.45, 2.75) is 0 Å². The number of aromatic nitrogens is 2. The zero-order valence-corrected chi connectivity index (χ0v) is 36.3. The van der Waals surface area contributed by atoms with Crippen LogP contribution in [0.3, 0.4) is 0 Å². The van der Waals surface area contributed by atoms with Crippen LogP contribution in [0.2, 0.25) is 0 Å². The fraction of sp³-hybridized carbons (Fsp3) is 0. The number of hydrogen-bond acceptors (Lipinski definition) is 4. The number of pyridine rings is 1. The number of imidazole rings is 1. The molecule has 0 unspecified atom stereocenters. The molecule has 0 saturated heterocycles. The van der Waals surface area contributed by atoms with Gasteiger partial charge in [0, 0.05) is 31.9 Å². The van der Waals surface area contributed by atoms with Crippen LogP contribution in [-0.4, -0.2) is 9.38 Å². The Labute approximate surface area is 383 Å². The average Bonchev–Trinajstić information content (AvgIpc) is 3.97. The minimum atomic E-state index is 0.984. The Morgan fingerprint density at radius 3 is 1.80 bits per heavy atom. The highest BCUT2D eigenvalue weighted by Gasteiger charge is 2.33. The fourth-order valence-electron chi connectivity index (χ4n) is 11.2. The summed E-state index contributed by atoms with van der Waals surface area (Å²) < 4.78 is 4.90. The summed E-state index contributed by atoms with van der Waals surface area (Å²) in [7, 11) is 0. The summed E-state index contributed by atoms with van der Waals surface area (Å²) in [6, 6.07) is 80.4. The van der Waals surface area contributed by atoms with E-state index in [1.165, 1.54) is 80.1 Å². The number of nitrogens with zero attached hydrogens (tertiary/aromatic N) is 4. The third kappa shape index (κ3) is 4.89. The van der Waals surface area contributed by atoms with E-state index in [-0.39, 0.29) is 0 Å². The lowest BCUT2D eigenvalue weighted by molar-refractivity contribution is 1.18. The van der Waals surface area contributed by atoms with E-state index >= 15 is 0 Å². The van der Waals surface area contributed by atoms with Crippen molar-refractivity contribution in [3.05, 3.63) is 218 Å². The highest BCUT2D eigenvalue weighted by atomic mass is 32.1. The van der Waals surface area contributed by atoms with Gasteiger partial charge >= 0.3 is 0 Å². The molecule has 1 aliphatic heterocycles. The maximum Gasteiger partial charge on any atom is 0.146 e. The average molecular weight is 857 g/mol. The Hall–Kier alpha value is -8.51. The van der Waals surface area contributed by atoms with Gasteiger partial charge in [-0.3, -0.25) is 4.40 Å². The Bertz CT molecular complexity index is 4370. The van der Waals surface area contributed by atoms with Gasteiger partial charge in [0.05, 0.1) is 49.7 Å². The van der Waals surface area contributed by atoms with E-state index in [2.05, 4.69) is 233 Å². The van der Waals surface area contributed by atoms with Crippen LogP contribution in [0.15, 0.2) is 218 Å². The van der Waals surface area contributed by atoms with Gasteiger partial charge in [0.25, 0.3) is 0 Å². The van der Waals surface area contributed by atoms with Crippen LogP contribution in [0.25, 0.3) is 102 Å². The van der Waals surface area contributed by atoms with E-state index in [9.17, 15) is 0 Å². The van der Waals surface area contributed by atoms with Crippen LogP contribution < -0.4 is 9.80 Å². The van der Waals surface area contributed by atoms with Crippen molar-refractivity contribution in [1.29, 1.82) is 0 Å². The molecule has 11 aromatic carbocycles. The Kier molecular flexibility index (Phi) is 7.34. The summed E-state index contributed by atoms with van der Waals surface area (Å²) in [5.74, 6) is 0. The molecular formula is C61H36N4S. The van der Waals surface area contributed by atoms with Crippen LogP contribution in [0.5, 0.6) is 0 Å². The van der Waals surface area contributed by atoms with Crippen molar-refractivity contribution in [2.75, 3.05) is 9.80 Å². The summed E-state index contributed by atoms with van der Waals surface area (Å²) in [6.07, 6.45) is 0. The second kappa shape index (κ2) is 13.5. The molecular weight excluding hydrogens is 821 g/mol. The summed E-state index contributed by atoms with van der Waals surface area (Å²) in [4.78, 5) is 10.2. The van der Waals surface area contributed by atoms with Crippen LogP contribution in [-0.2, 0) is 0 Å². The summed E-state index contributed by atoms with van der Waals surface area (Å²) in [5.41, 5.74) is 13.6. The molecule has 0 saturated carbocycles. The number of anilines is 6. The third-order valence-corrected chi connectivity index (χ3v) is 15.2. The smallest absolute Gasteiger partial charge is 0.146 e. The van der Waals surface area contributed by atoms with Crippen LogP contribution in [0, 0.1) is 0 Å². The molecule has 0 radical (unpaired) electrons. The minimum Gasteiger partial charge on any atom is -0.306 e. The molecule has 0 fully saturated rings. The Morgan fingerprint density at radius 1 is 0.348 bits per heavy atom. The number of hydrogen-bond donors (Lipinski definition) is 0. The summed E-state index contributed by atoms with van der Waals surface area (Å²) in [6.45, 7) is 0. The zero-order chi connectivity index (χ0) is 43.0. The molecule has 4 heterocycles. The summed E-state index contributed by atoms with van der Waals surface area (Å²) >= 11 is 1.88. The van der Waals surface area contributed by atoms with E-state index in [0.29, 0.717) is 0 Å². The Morgan fingerprint density at radius 2 is 0.939 bits per heavy atom. The van der Waals surface area contributed by atoms with Crippen LogP contribution in [0.1, 0.15) is 0 Å². The molecule has 5 heteroatoms. The first-order valence-corrected chi connectivity index (χ1v) is 23.4. The number of benzene rings is 11. The maximum absolute atomic E-state index is 5.21. The minimum absolute atomic E-state index is 0.984. The molecule has 66 heavy (non-hydrogen) atoms. The Balaban J connectivity index is 1.04. The third-order valence-electron chi connectivity index (χ3n) is 14.0. The van der Waals surface area contributed by atoms with Crippen molar-refractivity contribution in [3.63, 3.8) is 0 Å². The lowest BCUT2D eigenvalue weighted by Gasteiger charge is -2.41. The first-order chi connectivity index (χ1) is 32.8. The van der Waals surface area contributed by atoms with Gasteiger partial charge in [0.15, 0.2) is 0 Å². The van der Waals surface area contributed by atoms with Gasteiger partial charge in [-0.2, -0.15) is 0 Å². The van der Waals surface area contributed by atoms with Gasteiger partial charge in [0.1, 0.15) is 5.65 Å². The molecule has 15 rings (SSSR count). The predicted octanol–water partition coefficient (Wildman–Crippen LogP) is 17.5. The second-order valence-corrected chi connectivity index (χ2v) is 18.5. The molecule has 1 aliphatic rings. The quantitative estimate of drug-likeness (QED) is 0.165. The van der Waals surface area contributed by atoms with Crippen molar-refractivity contribution in [1.82, 2.24) is 9.38 Å². The number of fused-ring (bicyclic) bond motifs is 19. The van der Waals surface area contributed by atoms with Gasteiger partial charge in [-0.05, 0) is 128 Å². The molecule has 0 atom stereocenters. The van der Waals surface area contributed by atoms with E-state index < -0.39 is 0 Å². The van der Waals surface area contributed by atoms with Crippen molar-refractivity contribution >= 4 is 136 Å². The van der Waals surface area contributed by atoms with Gasteiger partial charge in [0.2, 0.25) is 0 Å². The van der Waals surface area contributed by atoms with Gasteiger partial charge in [-0.15, -0.1) is 11.3 Å². The predicted molar refractivity (Wildman–Crippen MR) is 281 cm³/mol. The van der Waals surface area contributed by atoms with Crippen molar-refractivity contribution < 1.29 is 0 Å². The van der Waals surface area contributed by atoms with E-state index in [1.807, 2.05) is 11.3 Å². The normalized spacial score (nSPS) is 12.8. The number of rotatable bonds is 3. The molecule has 306 valence electrons. The second-order valence-electron chi connectivity index (χ2n) is 17.4. The SMILES string of the molecule is c1ccc(N2c3ccccc3N(c3cccc4c3sc3ccccc34)c3cc4c(cc32)c2ccccc2c2c(-c3ccc5c(c3)c3ccccc3n3c6ccccc6nc53)cccc42)cc1. The number of para-hydroxylation sites is 6. The molecule has 0 N–H and O–H groups in total. The molecule has 0 spiro atoms. The van der Waals surface area contributed by atoms with E-state index in [1.54, 1.807) is 0 Å². The standard InChI is InChI=1S/C61H36N4S/c1-2-16-38(17-3-1)63-53-28-11-12-29-54(53)64(55-30-15-24-45-42-20-7-13-31-58(42)66-60(45)55)57-36-49-44-23-14-22-39(59(44)43-21-5-4-18-40(43)48(49)35-56(57)63)37-32-33-46-47(34-37)41-19-6-9-26-51(41)65-52-27-10-8-25-50(52)62-61(46)65/h1-36H. The highest BCUT2D eigenvalue weighted by Crippen LogP contribution is 2.58. The zero-order valence-electron chi connectivity index (χ0n) is 35.5. The van der Waals surface area contributed by atoms with Crippen LogP contribution in [0.4, 0.5) is 34.1 Å². The maximum atomic E-state index is 5.21. The fourth-order valence-corrected chi connectivity index (χ4v) is 12.4. The topological polar surface area (TPSA) is 23.8 Å². The van der Waals surface area contributed by atoms with Crippen molar-refractivity contribution in [3.8, 4) is 11.1 Å². The largest absolute Gasteiger partial charge is 0.306 e. The molecule has 14 aromatic rings. The molecule has 0 aliphatic carbocycles. The van der Waals surface area contributed by atoms with E-state index in [0.717, 1.165) is 56.0 Å². The first-order valence-electron chi connectivity index (χ1n) is 22.5. The monoisotopic (exact) mass is 856 g/mol.